The van der Waals surface area contributed by atoms with Gasteiger partial charge in [-0.25, -0.2) is 4.98 Å². The molecule has 2 aliphatic rings. The lowest BCUT2D eigenvalue weighted by atomic mass is 10.1. The summed E-state index contributed by atoms with van der Waals surface area (Å²) in [5.41, 5.74) is 1.12. The van der Waals surface area contributed by atoms with Crippen molar-refractivity contribution < 1.29 is 4.79 Å². The molecule has 0 saturated heterocycles. The van der Waals surface area contributed by atoms with Crippen molar-refractivity contribution in [2.24, 2.45) is 0 Å². The van der Waals surface area contributed by atoms with Gasteiger partial charge in [-0.3, -0.25) is 4.79 Å². The fourth-order valence-electron chi connectivity index (χ4n) is 2.02. The molecule has 1 saturated carbocycles. The van der Waals surface area contributed by atoms with Crippen LogP contribution in [0, 0.1) is 0 Å². The highest BCUT2D eigenvalue weighted by molar-refractivity contribution is 5.81. The number of nitrogens with zero attached hydrogens (tertiary/aromatic N) is 2. The average Bonchev–Trinajstić information content (AvgIpc) is 2.87. The van der Waals surface area contributed by atoms with Crippen LogP contribution in [0.5, 0.6) is 0 Å². The first-order chi connectivity index (χ1) is 6.34. The molecule has 3 rings (SSSR count). The fraction of sp³-hybridized carbons (Fsp3) is 0.600. The molecule has 0 N–H and O–H groups in total. The zero-order chi connectivity index (χ0) is 8.84. The second kappa shape index (κ2) is 2.44. The predicted octanol–water partition coefficient (Wildman–Crippen LogP) is 1.28. The number of carbonyl (C=O) groups is 1. The summed E-state index contributed by atoms with van der Waals surface area (Å²) in [4.78, 5) is 15.6. The van der Waals surface area contributed by atoms with Crippen molar-refractivity contribution in [1.82, 2.24) is 9.55 Å². The van der Waals surface area contributed by atoms with Crippen molar-refractivity contribution >= 4 is 5.78 Å². The average molecular weight is 176 g/mol. The van der Waals surface area contributed by atoms with Crippen LogP contribution in [0.2, 0.25) is 0 Å². The van der Waals surface area contributed by atoms with Crippen LogP contribution in [-0.2, 0) is 17.8 Å². The van der Waals surface area contributed by atoms with Gasteiger partial charge in [0.25, 0.3) is 0 Å². The molecule has 0 bridgehead atoms. The molecular weight excluding hydrogens is 164 g/mol. The minimum atomic E-state index is 0.356. The van der Waals surface area contributed by atoms with Crippen LogP contribution >= 0.6 is 0 Å². The van der Waals surface area contributed by atoms with Crippen molar-refractivity contribution in [3.8, 4) is 0 Å². The van der Waals surface area contributed by atoms with E-state index in [0.717, 1.165) is 12.2 Å². The van der Waals surface area contributed by atoms with Gasteiger partial charge in [-0.2, -0.15) is 0 Å². The highest BCUT2D eigenvalue weighted by Gasteiger charge is 2.30. The highest BCUT2D eigenvalue weighted by atomic mass is 16.1. The Morgan fingerprint density at radius 3 is 3.08 bits per heavy atom. The maximum absolute atomic E-state index is 11.2. The van der Waals surface area contributed by atoms with Gasteiger partial charge in [-0.05, 0) is 12.8 Å². The number of ketones is 1. The summed E-state index contributed by atoms with van der Waals surface area (Å²) in [6.07, 6.45) is 5.74. The molecule has 0 amide bonds. The number of carbonyl (C=O) groups excluding carboxylic acids is 1. The Kier molecular flexibility index (Phi) is 1.37. The smallest absolute Gasteiger partial charge is 0.140 e. The van der Waals surface area contributed by atoms with E-state index in [2.05, 4.69) is 9.55 Å². The maximum Gasteiger partial charge on any atom is 0.140 e. The summed E-state index contributed by atoms with van der Waals surface area (Å²) < 4.78 is 2.25. The standard InChI is InChI=1S/C10H12N2O/c13-9-3-4-12-8(5-9)6-11-10(12)7-1-2-7/h6-7H,1-5H2. The zero-order valence-corrected chi connectivity index (χ0v) is 7.49. The predicted molar refractivity (Wildman–Crippen MR) is 47.5 cm³/mol. The van der Waals surface area contributed by atoms with Crippen LogP contribution in [0.1, 0.15) is 36.7 Å². The monoisotopic (exact) mass is 176 g/mol. The molecule has 0 unspecified atom stereocenters. The number of fused-ring (bicyclic) bond motifs is 1. The Morgan fingerprint density at radius 1 is 1.46 bits per heavy atom. The Morgan fingerprint density at radius 2 is 2.31 bits per heavy atom. The van der Waals surface area contributed by atoms with Gasteiger partial charge in [0.2, 0.25) is 0 Å². The molecule has 0 atom stereocenters. The molecule has 2 heterocycles. The highest BCUT2D eigenvalue weighted by Crippen LogP contribution is 2.40. The number of Topliss-reactive ketones (excluding diaryl/α,β-unsaturated/α-hetero) is 1. The van der Waals surface area contributed by atoms with E-state index in [1.807, 2.05) is 6.20 Å². The van der Waals surface area contributed by atoms with Crippen LogP contribution in [-0.4, -0.2) is 15.3 Å². The van der Waals surface area contributed by atoms with Gasteiger partial charge < -0.3 is 4.57 Å². The lowest BCUT2D eigenvalue weighted by Crippen LogP contribution is -2.19. The molecule has 0 aromatic carbocycles. The molecule has 0 radical (unpaired) electrons. The lowest BCUT2D eigenvalue weighted by molar-refractivity contribution is -0.119. The van der Waals surface area contributed by atoms with E-state index >= 15 is 0 Å². The summed E-state index contributed by atoms with van der Waals surface area (Å²) in [7, 11) is 0. The minimum Gasteiger partial charge on any atom is -0.331 e. The second-order valence-corrected chi connectivity index (χ2v) is 4.00. The molecule has 3 nitrogen and oxygen atoms in total. The normalized spacial score (nSPS) is 21.7. The first kappa shape index (κ1) is 7.30. The molecule has 1 aliphatic heterocycles. The van der Waals surface area contributed by atoms with Crippen molar-refractivity contribution in [3.05, 3.63) is 17.7 Å². The zero-order valence-electron chi connectivity index (χ0n) is 7.49. The van der Waals surface area contributed by atoms with E-state index in [1.165, 1.54) is 18.7 Å². The number of imidazole rings is 1. The molecule has 1 aromatic rings. The van der Waals surface area contributed by atoms with Crippen LogP contribution in [0.3, 0.4) is 0 Å². The summed E-state index contributed by atoms with van der Waals surface area (Å²) >= 11 is 0. The third-order valence-corrected chi connectivity index (χ3v) is 2.90. The van der Waals surface area contributed by atoms with Gasteiger partial charge in [0.15, 0.2) is 0 Å². The van der Waals surface area contributed by atoms with E-state index in [1.54, 1.807) is 0 Å². The van der Waals surface area contributed by atoms with Crippen molar-refractivity contribution in [2.75, 3.05) is 0 Å². The first-order valence-corrected chi connectivity index (χ1v) is 4.90. The van der Waals surface area contributed by atoms with Gasteiger partial charge in [-0.15, -0.1) is 0 Å². The Bertz CT molecular complexity index is 363. The Labute approximate surface area is 76.8 Å². The fourth-order valence-corrected chi connectivity index (χ4v) is 2.02. The quantitative estimate of drug-likeness (QED) is 0.646. The van der Waals surface area contributed by atoms with Gasteiger partial charge in [0, 0.05) is 37.2 Å². The first-order valence-electron chi connectivity index (χ1n) is 4.90. The largest absolute Gasteiger partial charge is 0.331 e. The van der Waals surface area contributed by atoms with E-state index in [4.69, 9.17) is 0 Å². The molecule has 1 aliphatic carbocycles. The maximum atomic E-state index is 11.2. The number of hydrogen-bond donors (Lipinski definition) is 0. The topological polar surface area (TPSA) is 34.9 Å². The molecule has 1 fully saturated rings. The summed E-state index contributed by atoms with van der Waals surface area (Å²) in [5, 5.41) is 0. The lowest BCUT2D eigenvalue weighted by Gasteiger charge is -2.15. The van der Waals surface area contributed by atoms with Crippen LogP contribution in [0.25, 0.3) is 0 Å². The van der Waals surface area contributed by atoms with Crippen LogP contribution < -0.4 is 0 Å². The van der Waals surface area contributed by atoms with Crippen molar-refractivity contribution in [1.29, 1.82) is 0 Å². The van der Waals surface area contributed by atoms with E-state index in [0.29, 0.717) is 24.5 Å². The Hall–Kier alpha value is -1.12. The number of rotatable bonds is 1. The summed E-state index contributed by atoms with van der Waals surface area (Å²) in [5.74, 6) is 2.28. The van der Waals surface area contributed by atoms with Crippen LogP contribution in [0.4, 0.5) is 0 Å². The third-order valence-electron chi connectivity index (χ3n) is 2.90. The van der Waals surface area contributed by atoms with Crippen molar-refractivity contribution in [2.45, 2.75) is 38.1 Å². The molecule has 68 valence electrons. The van der Waals surface area contributed by atoms with Crippen LogP contribution in [0.15, 0.2) is 6.20 Å². The third kappa shape index (κ3) is 1.10. The Balaban J connectivity index is 2.01. The summed E-state index contributed by atoms with van der Waals surface area (Å²) in [6, 6.07) is 0. The number of hydrogen-bond acceptors (Lipinski definition) is 2. The van der Waals surface area contributed by atoms with Crippen molar-refractivity contribution in [3.63, 3.8) is 0 Å². The number of aromatic nitrogens is 2. The molecule has 3 heteroatoms. The molecule has 0 spiro atoms. The molecular formula is C10H12N2O. The molecule has 1 aromatic heterocycles. The van der Waals surface area contributed by atoms with E-state index in [9.17, 15) is 4.79 Å². The van der Waals surface area contributed by atoms with Gasteiger partial charge in [0.05, 0.1) is 0 Å². The SMILES string of the molecule is O=C1CCn2c(cnc2C2CC2)C1. The second-order valence-electron chi connectivity index (χ2n) is 4.00. The molecule has 13 heavy (non-hydrogen) atoms. The van der Waals surface area contributed by atoms with Gasteiger partial charge in [0.1, 0.15) is 11.6 Å². The van der Waals surface area contributed by atoms with E-state index in [-0.39, 0.29) is 0 Å². The summed E-state index contributed by atoms with van der Waals surface area (Å²) in [6.45, 7) is 0.861. The van der Waals surface area contributed by atoms with Gasteiger partial charge >= 0.3 is 0 Å². The van der Waals surface area contributed by atoms with E-state index < -0.39 is 0 Å². The minimum absolute atomic E-state index is 0.356. The van der Waals surface area contributed by atoms with Gasteiger partial charge in [-0.1, -0.05) is 0 Å².